The van der Waals surface area contributed by atoms with E-state index >= 15 is 0 Å². The predicted octanol–water partition coefficient (Wildman–Crippen LogP) is 3.34. The highest BCUT2D eigenvalue weighted by atomic mass is 32.2. The first kappa shape index (κ1) is 12.6. The highest BCUT2D eigenvalue weighted by Crippen LogP contribution is 2.33. The molecule has 0 radical (unpaired) electrons. The van der Waals surface area contributed by atoms with Crippen LogP contribution in [0.25, 0.3) is 0 Å². The van der Waals surface area contributed by atoms with Gasteiger partial charge in [0.1, 0.15) is 0 Å². The summed E-state index contributed by atoms with van der Waals surface area (Å²) in [6.07, 6.45) is 2.62. The van der Waals surface area contributed by atoms with Gasteiger partial charge in [-0.3, -0.25) is 10.1 Å². The Labute approximate surface area is 109 Å². The molecule has 0 unspecified atom stereocenters. The Kier molecular flexibility index (Phi) is 3.66. The van der Waals surface area contributed by atoms with Crippen LogP contribution in [0.3, 0.4) is 0 Å². The molecular weight excluding hydrogens is 250 g/mol. The second kappa shape index (κ2) is 5.22. The van der Waals surface area contributed by atoms with Crippen LogP contribution >= 0.6 is 11.8 Å². The van der Waals surface area contributed by atoms with Gasteiger partial charge in [0.25, 0.3) is 5.69 Å². The molecule has 0 saturated heterocycles. The third kappa shape index (κ3) is 2.70. The van der Waals surface area contributed by atoms with E-state index in [0.717, 1.165) is 17.7 Å². The third-order valence-corrected chi connectivity index (χ3v) is 3.45. The maximum absolute atomic E-state index is 10.9. The van der Waals surface area contributed by atoms with E-state index in [1.54, 1.807) is 18.3 Å². The average molecular weight is 263 g/mol. The molecule has 1 aromatic heterocycles. The van der Waals surface area contributed by atoms with Crippen LogP contribution < -0.4 is 0 Å². The molecule has 1 N–H and O–H groups in total. The van der Waals surface area contributed by atoms with Gasteiger partial charge in [0.05, 0.1) is 9.82 Å². The molecule has 0 atom stereocenters. The van der Waals surface area contributed by atoms with Crippen LogP contribution in [0.1, 0.15) is 18.2 Å². The number of aromatic nitrogens is 2. The van der Waals surface area contributed by atoms with Crippen molar-refractivity contribution in [3.05, 3.63) is 45.8 Å². The van der Waals surface area contributed by atoms with Crippen molar-refractivity contribution in [2.24, 2.45) is 0 Å². The molecule has 2 rings (SSSR count). The van der Waals surface area contributed by atoms with Gasteiger partial charge in [0.2, 0.25) is 0 Å². The van der Waals surface area contributed by atoms with Crippen LogP contribution in [0.4, 0.5) is 5.69 Å². The van der Waals surface area contributed by atoms with Crippen molar-refractivity contribution >= 4 is 17.4 Å². The fourth-order valence-corrected chi connectivity index (χ4v) is 2.52. The number of H-pyrrole nitrogens is 1. The SMILES string of the molecule is CCc1cnc(Sc2cc(C)ccc2[N+](=O)[O-])[nH]1. The summed E-state index contributed by atoms with van der Waals surface area (Å²) in [4.78, 5) is 18.5. The summed E-state index contributed by atoms with van der Waals surface area (Å²) in [7, 11) is 0. The third-order valence-electron chi connectivity index (χ3n) is 2.50. The lowest BCUT2D eigenvalue weighted by Crippen LogP contribution is -1.91. The molecule has 0 bridgehead atoms. The summed E-state index contributed by atoms with van der Waals surface area (Å²) < 4.78 is 0. The van der Waals surface area contributed by atoms with Crippen molar-refractivity contribution in [2.45, 2.75) is 30.3 Å². The summed E-state index contributed by atoms with van der Waals surface area (Å²) in [6.45, 7) is 3.93. The minimum absolute atomic E-state index is 0.111. The van der Waals surface area contributed by atoms with Gasteiger partial charge >= 0.3 is 0 Å². The first-order valence-corrected chi connectivity index (χ1v) is 6.38. The van der Waals surface area contributed by atoms with Crippen molar-refractivity contribution in [1.82, 2.24) is 9.97 Å². The maximum atomic E-state index is 10.9. The quantitative estimate of drug-likeness (QED) is 0.678. The molecule has 0 fully saturated rings. The molecule has 94 valence electrons. The monoisotopic (exact) mass is 263 g/mol. The summed E-state index contributed by atoms with van der Waals surface area (Å²) in [5.74, 6) is 0. The number of hydrogen-bond acceptors (Lipinski definition) is 4. The molecule has 18 heavy (non-hydrogen) atoms. The zero-order chi connectivity index (χ0) is 13.1. The highest BCUT2D eigenvalue weighted by molar-refractivity contribution is 7.99. The van der Waals surface area contributed by atoms with E-state index in [9.17, 15) is 10.1 Å². The van der Waals surface area contributed by atoms with Crippen molar-refractivity contribution in [2.75, 3.05) is 0 Å². The van der Waals surface area contributed by atoms with Gasteiger partial charge in [-0.15, -0.1) is 0 Å². The lowest BCUT2D eigenvalue weighted by atomic mass is 10.2. The first-order valence-electron chi connectivity index (χ1n) is 5.57. The molecule has 2 aromatic rings. The van der Waals surface area contributed by atoms with Crippen LogP contribution in [-0.4, -0.2) is 14.9 Å². The molecule has 5 nitrogen and oxygen atoms in total. The standard InChI is InChI=1S/C12H13N3O2S/c1-3-9-7-13-12(14-9)18-11-6-8(2)4-5-10(11)15(16)17/h4-7H,3H2,1-2H3,(H,13,14). The molecule has 1 heterocycles. The lowest BCUT2D eigenvalue weighted by Gasteiger charge is -2.01. The topological polar surface area (TPSA) is 71.8 Å². The zero-order valence-electron chi connectivity index (χ0n) is 10.1. The number of aryl methyl sites for hydroxylation is 2. The second-order valence-corrected chi connectivity index (χ2v) is 4.93. The Bertz CT molecular complexity index is 580. The smallest absolute Gasteiger partial charge is 0.283 e. The van der Waals surface area contributed by atoms with E-state index in [-0.39, 0.29) is 10.6 Å². The number of benzene rings is 1. The number of nitro benzene ring substituents is 1. The number of nitrogens with one attached hydrogen (secondary N) is 1. The van der Waals surface area contributed by atoms with Crippen LogP contribution in [0.2, 0.25) is 0 Å². The van der Waals surface area contributed by atoms with Gasteiger partial charge in [-0.25, -0.2) is 4.98 Å². The summed E-state index contributed by atoms with van der Waals surface area (Å²) >= 11 is 1.28. The number of rotatable bonds is 4. The molecule has 0 saturated carbocycles. The van der Waals surface area contributed by atoms with Gasteiger partial charge in [-0.1, -0.05) is 13.0 Å². The van der Waals surface area contributed by atoms with Crippen LogP contribution in [0.5, 0.6) is 0 Å². The minimum atomic E-state index is -0.370. The van der Waals surface area contributed by atoms with Gasteiger partial charge in [0, 0.05) is 18.0 Å². The molecular formula is C12H13N3O2S. The number of nitro groups is 1. The van der Waals surface area contributed by atoms with Gasteiger partial charge < -0.3 is 4.98 Å². The molecule has 0 aliphatic heterocycles. The Hall–Kier alpha value is -1.82. The van der Waals surface area contributed by atoms with Crippen molar-refractivity contribution in [1.29, 1.82) is 0 Å². The van der Waals surface area contributed by atoms with Gasteiger partial charge in [-0.2, -0.15) is 0 Å². The highest BCUT2D eigenvalue weighted by Gasteiger charge is 2.15. The number of aromatic amines is 1. The van der Waals surface area contributed by atoms with E-state index in [1.807, 2.05) is 13.8 Å². The van der Waals surface area contributed by atoms with Crippen LogP contribution in [0, 0.1) is 17.0 Å². The molecule has 1 aromatic carbocycles. The Morgan fingerprint density at radius 3 is 2.89 bits per heavy atom. The second-order valence-electron chi connectivity index (χ2n) is 3.90. The van der Waals surface area contributed by atoms with Crippen LogP contribution in [-0.2, 0) is 6.42 Å². The van der Waals surface area contributed by atoms with Gasteiger partial charge in [-0.05, 0) is 36.7 Å². The number of hydrogen-bond donors (Lipinski definition) is 1. The molecule has 6 heteroatoms. The van der Waals surface area contributed by atoms with E-state index in [2.05, 4.69) is 9.97 Å². The van der Waals surface area contributed by atoms with Crippen LogP contribution in [0.15, 0.2) is 34.4 Å². The Morgan fingerprint density at radius 2 is 2.28 bits per heavy atom. The fourth-order valence-electron chi connectivity index (χ4n) is 1.53. The normalized spacial score (nSPS) is 10.6. The first-order chi connectivity index (χ1) is 8.60. The fraction of sp³-hybridized carbons (Fsp3) is 0.250. The van der Waals surface area contributed by atoms with Crippen molar-refractivity contribution < 1.29 is 4.92 Å². The molecule has 0 aliphatic carbocycles. The van der Waals surface area contributed by atoms with E-state index in [1.165, 1.54) is 17.8 Å². The number of imidazole rings is 1. The Balaban J connectivity index is 2.32. The molecule has 0 amide bonds. The van der Waals surface area contributed by atoms with Crippen molar-refractivity contribution in [3.8, 4) is 0 Å². The lowest BCUT2D eigenvalue weighted by molar-refractivity contribution is -0.387. The van der Waals surface area contributed by atoms with Gasteiger partial charge in [0.15, 0.2) is 5.16 Å². The largest absolute Gasteiger partial charge is 0.337 e. The van der Waals surface area contributed by atoms with E-state index in [0.29, 0.717) is 10.1 Å². The van der Waals surface area contributed by atoms with E-state index in [4.69, 9.17) is 0 Å². The average Bonchev–Trinajstić information content (AvgIpc) is 2.76. The predicted molar refractivity (Wildman–Crippen MR) is 69.9 cm³/mol. The summed E-state index contributed by atoms with van der Waals surface area (Å²) in [5, 5.41) is 11.6. The zero-order valence-corrected chi connectivity index (χ0v) is 11.0. The summed E-state index contributed by atoms with van der Waals surface area (Å²) in [5.41, 5.74) is 2.12. The van der Waals surface area contributed by atoms with Crippen molar-refractivity contribution in [3.63, 3.8) is 0 Å². The molecule has 0 spiro atoms. The molecule has 0 aliphatic rings. The Morgan fingerprint density at radius 1 is 1.50 bits per heavy atom. The van der Waals surface area contributed by atoms with E-state index < -0.39 is 0 Å². The minimum Gasteiger partial charge on any atom is -0.337 e. The number of nitrogens with zero attached hydrogens (tertiary/aromatic N) is 2. The maximum Gasteiger partial charge on any atom is 0.283 e. The summed E-state index contributed by atoms with van der Waals surface area (Å²) in [6, 6.07) is 5.07.